The molecule has 0 heterocycles. The van der Waals surface area contributed by atoms with Crippen molar-refractivity contribution in [1.29, 1.82) is 0 Å². The Bertz CT molecular complexity index is 527. The second kappa shape index (κ2) is 7.13. The van der Waals surface area contributed by atoms with E-state index in [-0.39, 0.29) is 13.0 Å². The molecule has 0 bridgehead atoms. The summed E-state index contributed by atoms with van der Waals surface area (Å²) in [6.45, 7) is 1.80. The van der Waals surface area contributed by atoms with E-state index in [1.807, 2.05) is 0 Å². The number of benzene rings is 1. The lowest BCUT2D eigenvalue weighted by molar-refractivity contribution is -0.136. The zero-order valence-electron chi connectivity index (χ0n) is 11.2. The van der Waals surface area contributed by atoms with Crippen molar-refractivity contribution < 1.29 is 24.2 Å². The fraction of sp³-hybridized carbons (Fsp3) is 0.308. The number of carboxylic acid groups (broad SMARTS) is 1. The smallest absolute Gasteiger partial charge is 0.337 e. The van der Waals surface area contributed by atoms with E-state index in [0.717, 1.165) is 5.56 Å². The summed E-state index contributed by atoms with van der Waals surface area (Å²) in [4.78, 5) is 33.3. The number of methoxy groups -OCH3 is 1. The molecule has 0 spiro atoms. The molecule has 1 rings (SSSR count). The summed E-state index contributed by atoms with van der Waals surface area (Å²) < 4.78 is 4.59. The molecular formula is C13H16N2O5. The second-order valence-corrected chi connectivity index (χ2v) is 4.05. The van der Waals surface area contributed by atoms with Gasteiger partial charge in [-0.2, -0.15) is 0 Å². The minimum absolute atomic E-state index is 0.0247. The van der Waals surface area contributed by atoms with Crippen molar-refractivity contribution in [3.05, 3.63) is 29.3 Å². The molecular weight excluding hydrogens is 264 g/mol. The van der Waals surface area contributed by atoms with E-state index >= 15 is 0 Å². The van der Waals surface area contributed by atoms with Crippen LogP contribution in [0.5, 0.6) is 0 Å². The van der Waals surface area contributed by atoms with Crippen molar-refractivity contribution in [2.24, 2.45) is 0 Å². The summed E-state index contributed by atoms with van der Waals surface area (Å²) in [6, 6.07) is 4.24. The van der Waals surface area contributed by atoms with Gasteiger partial charge in [0.1, 0.15) is 0 Å². The SMILES string of the molecule is COC(=O)c1ccc(C)c(NC(=O)NCCC(=O)O)c1. The number of amides is 2. The molecule has 0 fully saturated rings. The average Bonchev–Trinajstić information content (AvgIpc) is 2.40. The fourth-order valence-electron chi connectivity index (χ4n) is 1.45. The van der Waals surface area contributed by atoms with Gasteiger partial charge in [0.05, 0.1) is 19.1 Å². The molecule has 2 amide bonds. The average molecular weight is 280 g/mol. The molecule has 20 heavy (non-hydrogen) atoms. The Balaban J connectivity index is 2.68. The number of rotatable bonds is 5. The fourth-order valence-corrected chi connectivity index (χ4v) is 1.45. The van der Waals surface area contributed by atoms with Crippen molar-refractivity contribution in [2.45, 2.75) is 13.3 Å². The lowest BCUT2D eigenvalue weighted by atomic mass is 10.1. The first-order valence-corrected chi connectivity index (χ1v) is 5.89. The van der Waals surface area contributed by atoms with Crippen LogP contribution in [-0.2, 0) is 9.53 Å². The quantitative estimate of drug-likeness (QED) is 0.707. The molecule has 7 heteroatoms. The first-order valence-electron chi connectivity index (χ1n) is 5.89. The number of nitrogens with one attached hydrogen (secondary N) is 2. The summed E-state index contributed by atoms with van der Waals surface area (Å²) in [7, 11) is 1.27. The van der Waals surface area contributed by atoms with Crippen LogP contribution < -0.4 is 10.6 Å². The second-order valence-electron chi connectivity index (χ2n) is 4.05. The molecule has 1 aromatic carbocycles. The van der Waals surface area contributed by atoms with E-state index in [4.69, 9.17) is 5.11 Å². The number of carboxylic acids is 1. The number of carbonyl (C=O) groups excluding carboxylic acids is 2. The third kappa shape index (κ3) is 4.60. The Labute approximate surface area is 115 Å². The normalized spacial score (nSPS) is 9.70. The third-order valence-corrected chi connectivity index (χ3v) is 2.53. The monoisotopic (exact) mass is 280 g/mol. The lowest BCUT2D eigenvalue weighted by Gasteiger charge is -2.10. The van der Waals surface area contributed by atoms with Gasteiger partial charge in [-0.05, 0) is 24.6 Å². The van der Waals surface area contributed by atoms with E-state index < -0.39 is 18.0 Å². The van der Waals surface area contributed by atoms with Crippen LogP contribution >= 0.6 is 0 Å². The third-order valence-electron chi connectivity index (χ3n) is 2.53. The molecule has 7 nitrogen and oxygen atoms in total. The number of ether oxygens (including phenoxy) is 1. The van der Waals surface area contributed by atoms with Crippen LogP contribution in [0, 0.1) is 6.92 Å². The van der Waals surface area contributed by atoms with Gasteiger partial charge in [-0.3, -0.25) is 4.79 Å². The highest BCUT2D eigenvalue weighted by atomic mass is 16.5. The molecule has 0 saturated heterocycles. The van der Waals surface area contributed by atoms with Crippen molar-refractivity contribution in [1.82, 2.24) is 5.32 Å². The number of aliphatic carboxylic acids is 1. The molecule has 0 aromatic heterocycles. The van der Waals surface area contributed by atoms with Crippen molar-refractivity contribution in [3.8, 4) is 0 Å². The van der Waals surface area contributed by atoms with Gasteiger partial charge in [-0.15, -0.1) is 0 Å². The van der Waals surface area contributed by atoms with Crippen LogP contribution in [0.2, 0.25) is 0 Å². The summed E-state index contributed by atoms with van der Waals surface area (Å²) in [5.41, 5.74) is 1.55. The number of esters is 1. The molecule has 0 unspecified atom stereocenters. The van der Waals surface area contributed by atoms with Gasteiger partial charge in [0.2, 0.25) is 0 Å². The van der Waals surface area contributed by atoms with Gasteiger partial charge in [0.15, 0.2) is 0 Å². The Morgan fingerprint density at radius 1 is 1.30 bits per heavy atom. The van der Waals surface area contributed by atoms with Crippen LogP contribution in [0.25, 0.3) is 0 Å². The van der Waals surface area contributed by atoms with Crippen LogP contribution in [0.3, 0.4) is 0 Å². The molecule has 3 N–H and O–H groups in total. The van der Waals surface area contributed by atoms with Crippen LogP contribution in [-0.4, -0.2) is 36.7 Å². The molecule has 0 aliphatic heterocycles. The lowest BCUT2D eigenvalue weighted by Crippen LogP contribution is -2.30. The Morgan fingerprint density at radius 3 is 2.60 bits per heavy atom. The summed E-state index contributed by atoms with van der Waals surface area (Å²) in [5.74, 6) is -1.49. The molecule has 0 aliphatic carbocycles. The number of urea groups is 1. The van der Waals surface area contributed by atoms with Gasteiger partial charge in [0.25, 0.3) is 0 Å². The largest absolute Gasteiger partial charge is 0.481 e. The van der Waals surface area contributed by atoms with Gasteiger partial charge in [0, 0.05) is 12.2 Å². The van der Waals surface area contributed by atoms with Gasteiger partial charge in [-0.1, -0.05) is 6.07 Å². The standard InChI is InChI=1S/C13H16N2O5/c1-8-3-4-9(12(18)20-2)7-10(8)15-13(19)14-6-5-11(16)17/h3-4,7H,5-6H2,1-2H3,(H,16,17)(H2,14,15,19). The van der Waals surface area contributed by atoms with E-state index in [9.17, 15) is 14.4 Å². The van der Waals surface area contributed by atoms with Crippen molar-refractivity contribution in [3.63, 3.8) is 0 Å². The highest BCUT2D eigenvalue weighted by Gasteiger charge is 2.10. The van der Waals surface area contributed by atoms with Crippen LogP contribution in [0.1, 0.15) is 22.3 Å². The number of carbonyl (C=O) groups is 3. The zero-order valence-corrected chi connectivity index (χ0v) is 11.2. The predicted octanol–water partition coefficient (Wildman–Crippen LogP) is 1.38. The molecule has 0 radical (unpaired) electrons. The van der Waals surface area contributed by atoms with Crippen molar-refractivity contribution >= 4 is 23.7 Å². The maximum absolute atomic E-state index is 11.6. The Morgan fingerprint density at radius 2 is 2.00 bits per heavy atom. The minimum Gasteiger partial charge on any atom is -0.481 e. The van der Waals surface area contributed by atoms with E-state index in [2.05, 4.69) is 15.4 Å². The summed E-state index contributed by atoms with van der Waals surface area (Å²) in [5, 5.41) is 13.4. The first kappa shape index (κ1) is 15.5. The summed E-state index contributed by atoms with van der Waals surface area (Å²) >= 11 is 0. The topological polar surface area (TPSA) is 105 Å². The maximum atomic E-state index is 11.6. The van der Waals surface area contributed by atoms with E-state index in [1.165, 1.54) is 13.2 Å². The predicted molar refractivity (Wildman–Crippen MR) is 71.8 cm³/mol. The van der Waals surface area contributed by atoms with Crippen LogP contribution in [0.15, 0.2) is 18.2 Å². The number of hydrogen-bond acceptors (Lipinski definition) is 4. The summed E-state index contributed by atoms with van der Waals surface area (Å²) in [6.07, 6.45) is -0.158. The highest BCUT2D eigenvalue weighted by molar-refractivity contribution is 5.94. The highest BCUT2D eigenvalue weighted by Crippen LogP contribution is 2.17. The van der Waals surface area contributed by atoms with Gasteiger partial charge in [-0.25, -0.2) is 9.59 Å². The van der Waals surface area contributed by atoms with Gasteiger partial charge >= 0.3 is 18.0 Å². The molecule has 0 saturated carbocycles. The molecule has 1 aromatic rings. The number of anilines is 1. The zero-order chi connectivity index (χ0) is 15.1. The van der Waals surface area contributed by atoms with E-state index in [0.29, 0.717) is 11.3 Å². The molecule has 0 atom stereocenters. The Hall–Kier alpha value is -2.57. The molecule has 108 valence electrons. The number of aryl methyl sites for hydroxylation is 1. The maximum Gasteiger partial charge on any atom is 0.337 e. The first-order chi connectivity index (χ1) is 9.43. The Kier molecular flexibility index (Phi) is 5.52. The van der Waals surface area contributed by atoms with Crippen molar-refractivity contribution in [2.75, 3.05) is 19.0 Å². The van der Waals surface area contributed by atoms with E-state index in [1.54, 1.807) is 19.1 Å². The number of hydrogen-bond donors (Lipinski definition) is 3. The van der Waals surface area contributed by atoms with Crippen LogP contribution in [0.4, 0.5) is 10.5 Å². The van der Waals surface area contributed by atoms with Gasteiger partial charge < -0.3 is 20.5 Å². The minimum atomic E-state index is -0.992. The molecule has 0 aliphatic rings.